The van der Waals surface area contributed by atoms with Gasteiger partial charge in [-0.1, -0.05) is 99.2 Å². The van der Waals surface area contributed by atoms with Crippen LogP contribution in [0.15, 0.2) is 60.7 Å². The first-order valence-electron chi connectivity index (χ1n) is 11.5. The molecule has 2 aromatic rings. The molecular formula is C27H34O. The molecule has 4 rings (SSSR count). The number of rotatable bonds is 6. The van der Waals surface area contributed by atoms with Crippen molar-refractivity contribution >= 4 is 5.78 Å². The van der Waals surface area contributed by atoms with Crippen LogP contribution in [0.25, 0.3) is 0 Å². The third kappa shape index (κ3) is 4.40. The van der Waals surface area contributed by atoms with Gasteiger partial charge in [-0.25, -0.2) is 0 Å². The van der Waals surface area contributed by atoms with Crippen molar-refractivity contribution in [2.24, 2.45) is 11.8 Å². The molecule has 2 saturated carbocycles. The molecule has 2 aliphatic rings. The summed E-state index contributed by atoms with van der Waals surface area (Å²) in [6.07, 6.45) is 12.6. The lowest BCUT2D eigenvalue weighted by atomic mass is 9.67. The Labute approximate surface area is 170 Å². The molecule has 2 aliphatic carbocycles. The van der Waals surface area contributed by atoms with E-state index in [1.165, 1.54) is 75.3 Å². The lowest BCUT2D eigenvalue weighted by Gasteiger charge is -2.36. The van der Waals surface area contributed by atoms with Crippen LogP contribution in [0.3, 0.4) is 0 Å². The zero-order chi connectivity index (χ0) is 19.2. The van der Waals surface area contributed by atoms with Crippen molar-refractivity contribution in [3.63, 3.8) is 0 Å². The summed E-state index contributed by atoms with van der Waals surface area (Å²) >= 11 is 0. The number of benzene rings is 2. The fraction of sp³-hybridized carbons (Fsp3) is 0.519. The number of ketones is 1. The number of hydrogen-bond donors (Lipinski definition) is 0. The van der Waals surface area contributed by atoms with Gasteiger partial charge in [0.15, 0.2) is 0 Å². The van der Waals surface area contributed by atoms with Crippen molar-refractivity contribution in [3.05, 3.63) is 71.8 Å². The van der Waals surface area contributed by atoms with Crippen LogP contribution in [0, 0.1) is 11.8 Å². The molecule has 1 heteroatoms. The Bertz CT molecular complexity index is 660. The van der Waals surface area contributed by atoms with E-state index in [-0.39, 0.29) is 11.8 Å². The maximum atomic E-state index is 14.2. The van der Waals surface area contributed by atoms with Gasteiger partial charge in [-0.2, -0.15) is 0 Å². The van der Waals surface area contributed by atoms with E-state index in [0.717, 1.165) is 0 Å². The second kappa shape index (κ2) is 9.54. The smallest absolute Gasteiger partial charge is 0.148 e. The molecule has 0 aromatic heterocycles. The molecule has 0 amide bonds. The summed E-state index contributed by atoms with van der Waals surface area (Å²) in [4.78, 5) is 14.2. The summed E-state index contributed by atoms with van der Waals surface area (Å²) in [5.41, 5.74) is 2.49. The van der Waals surface area contributed by atoms with Gasteiger partial charge in [-0.15, -0.1) is 0 Å². The van der Waals surface area contributed by atoms with Crippen LogP contribution in [0.2, 0.25) is 0 Å². The van der Waals surface area contributed by atoms with Crippen LogP contribution < -0.4 is 0 Å². The van der Waals surface area contributed by atoms with Crippen LogP contribution in [0.1, 0.15) is 87.2 Å². The Morgan fingerprint density at radius 3 is 1.29 bits per heavy atom. The van der Waals surface area contributed by atoms with Gasteiger partial charge >= 0.3 is 0 Å². The molecule has 148 valence electrons. The third-order valence-electron chi connectivity index (χ3n) is 7.17. The molecule has 0 radical (unpaired) electrons. The van der Waals surface area contributed by atoms with Crippen LogP contribution in [-0.2, 0) is 4.79 Å². The first-order valence-corrected chi connectivity index (χ1v) is 11.5. The fourth-order valence-corrected chi connectivity index (χ4v) is 5.79. The molecule has 2 unspecified atom stereocenters. The fourth-order valence-electron chi connectivity index (χ4n) is 5.79. The molecule has 28 heavy (non-hydrogen) atoms. The summed E-state index contributed by atoms with van der Waals surface area (Å²) in [5.74, 6) is 1.65. The van der Waals surface area contributed by atoms with Gasteiger partial charge in [0.1, 0.15) is 5.78 Å². The normalized spacial score (nSPS) is 21.1. The average molecular weight is 375 g/mol. The Morgan fingerprint density at radius 1 is 0.571 bits per heavy atom. The first kappa shape index (κ1) is 19.4. The highest BCUT2D eigenvalue weighted by Crippen LogP contribution is 2.44. The van der Waals surface area contributed by atoms with Crippen LogP contribution in [-0.4, -0.2) is 5.78 Å². The summed E-state index contributed by atoms with van der Waals surface area (Å²) in [5, 5.41) is 0. The number of carbonyl (C=O) groups excluding carboxylic acids is 1. The lowest BCUT2D eigenvalue weighted by molar-refractivity contribution is -0.125. The van der Waals surface area contributed by atoms with E-state index in [4.69, 9.17) is 0 Å². The topological polar surface area (TPSA) is 17.1 Å². The summed E-state index contributed by atoms with van der Waals surface area (Å²) < 4.78 is 0. The van der Waals surface area contributed by atoms with E-state index in [9.17, 15) is 4.79 Å². The Hall–Kier alpha value is -1.89. The Morgan fingerprint density at radius 2 is 0.929 bits per heavy atom. The molecule has 0 aliphatic heterocycles. The average Bonchev–Trinajstić information content (AvgIpc) is 2.77. The predicted molar refractivity (Wildman–Crippen MR) is 117 cm³/mol. The molecule has 0 saturated heterocycles. The SMILES string of the molecule is O=C(C(c1ccccc1)C1CCCCC1)C(c1ccccc1)C1CCCCC1. The van der Waals surface area contributed by atoms with E-state index >= 15 is 0 Å². The number of Topliss-reactive ketones (excluding diaryl/α,β-unsaturated/α-hetero) is 1. The molecule has 2 fully saturated rings. The zero-order valence-corrected chi connectivity index (χ0v) is 17.1. The second-order valence-electron chi connectivity index (χ2n) is 8.98. The van der Waals surface area contributed by atoms with Crippen molar-refractivity contribution in [1.29, 1.82) is 0 Å². The van der Waals surface area contributed by atoms with Crippen LogP contribution in [0.5, 0.6) is 0 Å². The number of hydrogen-bond acceptors (Lipinski definition) is 1. The highest BCUT2D eigenvalue weighted by Gasteiger charge is 2.39. The van der Waals surface area contributed by atoms with Crippen molar-refractivity contribution in [2.75, 3.05) is 0 Å². The molecule has 0 bridgehead atoms. The van der Waals surface area contributed by atoms with Crippen LogP contribution >= 0.6 is 0 Å². The van der Waals surface area contributed by atoms with Gasteiger partial charge < -0.3 is 0 Å². The van der Waals surface area contributed by atoms with Crippen molar-refractivity contribution in [2.45, 2.75) is 76.0 Å². The molecule has 0 spiro atoms. The predicted octanol–water partition coefficient (Wildman–Crippen LogP) is 7.28. The number of carbonyl (C=O) groups is 1. The van der Waals surface area contributed by atoms with E-state index < -0.39 is 0 Å². The minimum absolute atomic E-state index is 0.0635. The molecule has 1 nitrogen and oxygen atoms in total. The van der Waals surface area contributed by atoms with Gasteiger partial charge in [0.05, 0.1) is 0 Å². The summed E-state index contributed by atoms with van der Waals surface area (Å²) in [7, 11) is 0. The molecule has 0 N–H and O–H groups in total. The Balaban J connectivity index is 1.70. The van der Waals surface area contributed by atoms with E-state index in [1.807, 2.05) is 0 Å². The minimum atomic E-state index is 0.0635. The summed E-state index contributed by atoms with van der Waals surface area (Å²) in [6.45, 7) is 0. The van der Waals surface area contributed by atoms with E-state index in [0.29, 0.717) is 17.6 Å². The van der Waals surface area contributed by atoms with Gasteiger partial charge in [-0.05, 0) is 48.6 Å². The minimum Gasteiger partial charge on any atom is -0.298 e. The summed E-state index contributed by atoms with van der Waals surface area (Å²) in [6, 6.07) is 21.4. The maximum absolute atomic E-state index is 14.2. The standard InChI is InChI=1S/C27H34O/c28-27(25(21-13-5-1-6-14-21)22-15-7-2-8-16-22)26(23-17-9-3-10-18-23)24-19-11-4-12-20-24/h1,3,5-6,9-10,13-14,17-18,22,24-26H,2,4,7-8,11-12,15-16,19-20H2. The largest absolute Gasteiger partial charge is 0.298 e. The second-order valence-corrected chi connectivity index (χ2v) is 8.98. The molecule has 0 heterocycles. The highest BCUT2D eigenvalue weighted by atomic mass is 16.1. The van der Waals surface area contributed by atoms with Crippen molar-refractivity contribution < 1.29 is 4.79 Å². The quantitative estimate of drug-likeness (QED) is 0.519. The third-order valence-corrected chi connectivity index (χ3v) is 7.17. The van der Waals surface area contributed by atoms with E-state index in [2.05, 4.69) is 60.7 Å². The first-order chi connectivity index (χ1) is 13.8. The van der Waals surface area contributed by atoms with Gasteiger partial charge in [-0.3, -0.25) is 4.79 Å². The highest BCUT2D eigenvalue weighted by molar-refractivity contribution is 5.92. The van der Waals surface area contributed by atoms with Gasteiger partial charge in [0.25, 0.3) is 0 Å². The monoisotopic (exact) mass is 374 g/mol. The maximum Gasteiger partial charge on any atom is 0.148 e. The van der Waals surface area contributed by atoms with E-state index in [1.54, 1.807) is 0 Å². The lowest BCUT2D eigenvalue weighted by Crippen LogP contribution is -2.32. The van der Waals surface area contributed by atoms with Crippen LogP contribution in [0.4, 0.5) is 0 Å². The van der Waals surface area contributed by atoms with Gasteiger partial charge in [0, 0.05) is 11.8 Å². The molecule has 2 aromatic carbocycles. The molecular weight excluding hydrogens is 340 g/mol. The van der Waals surface area contributed by atoms with Gasteiger partial charge in [0.2, 0.25) is 0 Å². The van der Waals surface area contributed by atoms with Crippen molar-refractivity contribution in [1.82, 2.24) is 0 Å². The Kier molecular flexibility index (Phi) is 6.62. The zero-order valence-electron chi connectivity index (χ0n) is 17.1. The van der Waals surface area contributed by atoms with Crippen molar-refractivity contribution in [3.8, 4) is 0 Å². The molecule has 2 atom stereocenters.